The number of piperazine rings is 1. The molecule has 2 aliphatic heterocycles. The van der Waals surface area contributed by atoms with Gasteiger partial charge in [-0.3, -0.25) is 9.69 Å². The van der Waals surface area contributed by atoms with Gasteiger partial charge < -0.3 is 14.4 Å². The molecule has 1 aromatic heterocycles. The minimum Gasteiger partial charge on any atom is -0.369 e. The lowest BCUT2D eigenvalue weighted by molar-refractivity contribution is -0.129. The Labute approximate surface area is 188 Å². The van der Waals surface area contributed by atoms with Crippen LogP contribution in [0.15, 0.2) is 54.7 Å². The number of carbonyl (C=O) groups is 1. The van der Waals surface area contributed by atoms with E-state index in [4.69, 9.17) is 11.6 Å². The molecule has 5 nitrogen and oxygen atoms in total. The molecule has 3 heterocycles. The summed E-state index contributed by atoms with van der Waals surface area (Å²) in [4.78, 5) is 19.6. The van der Waals surface area contributed by atoms with Crippen LogP contribution >= 0.6 is 11.6 Å². The number of carbonyl (C=O) groups excluding carboxylic acids is 1. The van der Waals surface area contributed by atoms with Crippen molar-refractivity contribution >= 4 is 34.1 Å². The van der Waals surface area contributed by atoms with Gasteiger partial charge in [0.25, 0.3) is 0 Å². The average Bonchev–Trinajstić information content (AvgIpc) is 3.44. The van der Waals surface area contributed by atoms with Gasteiger partial charge in [-0.1, -0.05) is 35.9 Å². The Morgan fingerprint density at radius 2 is 1.68 bits per heavy atom. The zero-order valence-electron chi connectivity index (χ0n) is 17.8. The normalized spacial score (nSPS) is 17.6. The van der Waals surface area contributed by atoms with E-state index in [-0.39, 0.29) is 5.91 Å². The van der Waals surface area contributed by atoms with Gasteiger partial charge in [0, 0.05) is 67.1 Å². The highest BCUT2D eigenvalue weighted by molar-refractivity contribution is 6.30. The standard InChI is InChI=1S/C25H29ClN4O/c26-21-6-5-7-22(17-21)28-14-12-27(13-15-28)19-30-18-20(23-8-1-2-9-24(23)30)16-25(31)29-10-3-4-11-29/h1-2,5-9,17-18H,3-4,10-16,19H2. The van der Waals surface area contributed by atoms with E-state index in [1.807, 2.05) is 23.1 Å². The van der Waals surface area contributed by atoms with E-state index in [1.54, 1.807) is 0 Å². The van der Waals surface area contributed by atoms with Crippen molar-refractivity contribution in [1.82, 2.24) is 14.4 Å². The zero-order chi connectivity index (χ0) is 21.2. The van der Waals surface area contributed by atoms with Gasteiger partial charge >= 0.3 is 0 Å². The Hall–Kier alpha value is -2.50. The Kier molecular flexibility index (Phi) is 5.88. The molecule has 1 amide bonds. The second kappa shape index (κ2) is 8.93. The summed E-state index contributed by atoms with van der Waals surface area (Å²) < 4.78 is 2.32. The highest BCUT2D eigenvalue weighted by Gasteiger charge is 2.22. The molecule has 2 saturated heterocycles. The lowest BCUT2D eigenvalue weighted by atomic mass is 10.1. The summed E-state index contributed by atoms with van der Waals surface area (Å²) in [5.41, 5.74) is 3.55. The van der Waals surface area contributed by atoms with Crippen LogP contribution in [-0.2, 0) is 17.9 Å². The number of hydrogen-bond acceptors (Lipinski definition) is 3. The molecule has 0 atom stereocenters. The van der Waals surface area contributed by atoms with Gasteiger partial charge in [-0.25, -0.2) is 0 Å². The van der Waals surface area contributed by atoms with E-state index in [9.17, 15) is 4.79 Å². The van der Waals surface area contributed by atoms with Gasteiger partial charge in [-0.2, -0.15) is 0 Å². The molecule has 6 heteroatoms. The molecule has 31 heavy (non-hydrogen) atoms. The van der Waals surface area contributed by atoms with Crippen molar-refractivity contribution in [3.05, 3.63) is 65.3 Å². The van der Waals surface area contributed by atoms with Crippen LogP contribution in [0.2, 0.25) is 5.02 Å². The fraction of sp³-hybridized carbons (Fsp3) is 0.400. The minimum atomic E-state index is 0.260. The summed E-state index contributed by atoms with van der Waals surface area (Å²) in [6.45, 7) is 6.65. The highest BCUT2D eigenvalue weighted by Crippen LogP contribution is 2.25. The van der Waals surface area contributed by atoms with Crippen molar-refractivity contribution < 1.29 is 4.79 Å². The largest absolute Gasteiger partial charge is 0.369 e. The van der Waals surface area contributed by atoms with Crippen LogP contribution in [0, 0.1) is 0 Å². The SMILES string of the molecule is O=C(Cc1cn(CN2CCN(c3cccc(Cl)c3)CC2)c2ccccc12)N1CCCC1. The molecule has 2 aliphatic rings. The Morgan fingerprint density at radius 1 is 0.903 bits per heavy atom. The van der Waals surface area contributed by atoms with E-state index in [2.05, 4.69) is 50.9 Å². The molecule has 2 aromatic carbocycles. The second-order valence-electron chi connectivity index (χ2n) is 8.63. The molecule has 162 valence electrons. The van der Waals surface area contributed by atoms with Crippen molar-refractivity contribution in [1.29, 1.82) is 0 Å². The van der Waals surface area contributed by atoms with Crippen molar-refractivity contribution in [2.45, 2.75) is 25.9 Å². The third kappa shape index (κ3) is 4.43. The predicted molar refractivity (Wildman–Crippen MR) is 127 cm³/mol. The molecule has 5 rings (SSSR count). The van der Waals surface area contributed by atoms with Crippen LogP contribution in [0.25, 0.3) is 10.9 Å². The third-order valence-electron chi connectivity index (χ3n) is 6.57. The van der Waals surface area contributed by atoms with Gasteiger partial charge in [0.1, 0.15) is 0 Å². The summed E-state index contributed by atoms with van der Waals surface area (Å²) in [6.07, 6.45) is 4.96. The van der Waals surface area contributed by atoms with Crippen LogP contribution in [-0.4, -0.2) is 59.5 Å². The smallest absolute Gasteiger partial charge is 0.227 e. The Morgan fingerprint density at radius 3 is 2.45 bits per heavy atom. The maximum Gasteiger partial charge on any atom is 0.227 e. The monoisotopic (exact) mass is 436 g/mol. The maximum absolute atomic E-state index is 12.7. The molecule has 0 bridgehead atoms. The molecule has 0 aliphatic carbocycles. The third-order valence-corrected chi connectivity index (χ3v) is 6.80. The number of benzene rings is 2. The minimum absolute atomic E-state index is 0.260. The molecule has 0 radical (unpaired) electrons. The highest BCUT2D eigenvalue weighted by atomic mass is 35.5. The quantitative estimate of drug-likeness (QED) is 0.599. The second-order valence-corrected chi connectivity index (χ2v) is 9.07. The van der Waals surface area contributed by atoms with Crippen molar-refractivity contribution in [3.8, 4) is 0 Å². The van der Waals surface area contributed by atoms with Crippen molar-refractivity contribution in [3.63, 3.8) is 0 Å². The summed E-state index contributed by atoms with van der Waals surface area (Å²) in [5.74, 6) is 0.260. The predicted octanol–water partition coefficient (Wildman–Crippen LogP) is 4.24. The molecule has 0 N–H and O–H groups in total. The van der Waals surface area contributed by atoms with Gasteiger partial charge in [0.2, 0.25) is 5.91 Å². The van der Waals surface area contributed by atoms with Gasteiger partial charge in [0.15, 0.2) is 0 Å². The number of fused-ring (bicyclic) bond motifs is 1. The first-order chi connectivity index (χ1) is 15.2. The van der Waals surface area contributed by atoms with E-state index in [0.29, 0.717) is 6.42 Å². The van der Waals surface area contributed by atoms with Crippen LogP contribution in [0.3, 0.4) is 0 Å². The number of hydrogen-bond donors (Lipinski definition) is 0. The number of likely N-dealkylation sites (tertiary alicyclic amines) is 1. The fourth-order valence-electron chi connectivity index (χ4n) is 4.86. The van der Waals surface area contributed by atoms with E-state index >= 15 is 0 Å². The summed E-state index contributed by atoms with van der Waals surface area (Å²) in [6, 6.07) is 16.6. The number of aromatic nitrogens is 1. The lowest BCUT2D eigenvalue weighted by Crippen LogP contribution is -2.46. The first-order valence-corrected chi connectivity index (χ1v) is 11.6. The van der Waals surface area contributed by atoms with Gasteiger partial charge in [0.05, 0.1) is 13.1 Å². The van der Waals surface area contributed by atoms with E-state index in [0.717, 1.165) is 69.4 Å². The molecular formula is C25H29ClN4O. The number of amides is 1. The van der Waals surface area contributed by atoms with Crippen LogP contribution < -0.4 is 4.90 Å². The van der Waals surface area contributed by atoms with Crippen LogP contribution in [0.1, 0.15) is 18.4 Å². The summed E-state index contributed by atoms with van der Waals surface area (Å²) >= 11 is 6.17. The number of nitrogens with zero attached hydrogens (tertiary/aromatic N) is 4. The van der Waals surface area contributed by atoms with Gasteiger partial charge in [-0.05, 0) is 42.7 Å². The first kappa shape index (κ1) is 20.4. The van der Waals surface area contributed by atoms with Crippen molar-refractivity contribution in [2.75, 3.05) is 44.2 Å². The van der Waals surface area contributed by atoms with Gasteiger partial charge in [-0.15, -0.1) is 0 Å². The lowest BCUT2D eigenvalue weighted by Gasteiger charge is -2.36. The van der Waals surface area contributed by atoms with Crippen molar-refractivity contribution in [2.24, 2.45) is 0 Å². The maximum atomic E-state index is 12.7. The molecule has 0 spiro atoms. The van der Waals surface area contributed by atoms with Crippen LogP contribution in [0.5, 0.6) is 0 Å². The number of halogens is 1. The first-order valence-electron chi connectivity index (χ1n) is 11.2. The fourth-order valence-corrected chi connectivity index (χ4v) is 5.04. The zero-order valence-corrected chi connectivity index (χ0v) is 18.6. The Balaban J connectivity index is 1.28. The number of rotatable bonds is 5. The molecule has 2 fully saturated rings. The van der Waals surface area contributed by atoms with E-state index in [1.165, 1.54) is 16.6 Å². The average molecular weight is 437 g/mol. The number of para-hydroxylation sites is 1. The number of anilines is 1. The molecular weight excluding hydrogens is 408 g/mol. The molecule has 3 aromatic rings. The topological polar surface area (TPSA) is 31.7 Å². The van der Waals surface area contributed by atoms with E-state index < -0.39 is 0 Å². The molecule has 0 unspecified atom stereocenters. The summed E-state index contributed by atoms with van der Waals surface area (Å²) in [5, 5.41) is 1.99. The molecule has 0 saturated carbocycles. The van der Waals surface area contributed by atoms with Crippen LogP contribution in [0.4, 0.5) is 5.69 Å². The Bertz CT molecular complexity index is 1060. The summed E-state index contributed by atoms with van der Waals surface area (Å²) in [7, 11) is 0.